The quantitative estimate of drug-likeness (QED) is 0.304. The first kappa shape index (κ1) is 13.9. The number of unbranched alkanes of at least 4 members (excludes halogenated alkanes) is 5. The van der Waals surface area contributed by atoms with Crippen molar-refractivity contribution in [2.75, 3.05) is 0 Å². The van der Waals surface area contributed by atoms with Gasteiger partial charge in [-0.2, -0.15) is 0 Å². The lowest BCUT2D eigenvalue weighted by Crippen LogP contribution is -2.11. The topological polar surface area (TPSA) is 37.3 Å². The number of carbonyl (C=O) groups is 1. The van der Waals surface area contributed by atoms with Crippen molar-refractivity contribution in [1.29, 1.82) is 0 Å². The average molecular weight is 310 g/mol. The van der Waals surface area contributed by atoms with Crippen LogP contribution in [0.15, 0.2) is 12.7 Å². The summed E-state index contributed by atoms with van der Waals surface area (Å²) >= 11 is 1.99. The van der Waals surface area contributed by atoms with Crippen molar-refractivity contribution in [1.82, 2.24) is 0 Å². The van der Waals surface area contributed by atoms with E-state index >= 15 is 0 Å². The summed E-state index contributed by atoms with van der Waals surface area (Å²) in [6, 6.07) is 0. The van der Waals surface area contributed by atoms with Crippen molar-refractivity contribution < 1.29 is 9.90 Å². The summed E-state index contributed by atoms with van der Waals surface area (Å²) in [4.78, 5) is 10.5. The Morgan fingerprint density at radius 1 is 1.29 bits per heavy atom. The van der Waals surface area contributed by atoms with E-state index in [0.717, 1.165) is 25.7 Å². The Morgan fingerprint density at radius 3 is 2.43 bits per heavy atom. The first-order valence-electron chi connectivity index (χ1n) is 5.16. The number of hydrogen-bond acceptors (Lipinski definition) is 1. The minimum Gasteiger partial charge on any atom is -0.480 e. The predicted octanol–water partition coefficient (Wildman–Crippen LogP) is 3.79. The van der Waals surface area contributed by atoms with Gasteiger partial charge in [0.25, 0.3) is 0 Å². The number of halogens is 1. The number of carboxylic acid groups (broad SMARTS) is 1. The second-order valence-electron chi connectivity index (χ2n) is 3.44. The van der Waals surface area contributed by atoms with Crippen LogP contribution in [0.25, 0.3) is 0 Å². The highest BCUT2D eigenvalue weighted by atomic mass is 127. The van der Waals surface area contributed by atoms with Gasteiger partial charge in [-0.3, -0.25) is 4.79 Å². The van der Waals surface area contributed by atoms with Crippen LogP contribution in [-0.4, -0.2) is 15.0 Å². The van der Waals surface area contributed by atoms with E-state index < -0.39 is 5.97 Å². The molecule has 1 N–H and O–H groups in total. The van der Waals surface area contributed by atoms with E-state index in [-0.39, 0.29) is 3.92 Å². The monoisotopic (exact) mass is 310 g/mol. The molecule has 0 rings (SSSR count). The number of rotatable bonds is 9. The third-order valence-electron chi connectivity index (χ3n) is 2.13. The Labute approximate surface area is 99.9 Å². The molecule has 1 unspecified atom stereocenters. The fourth-order valence-electron chi connectivity index (χ4n) is 1.27. The zero-order valence-electron chi connectivity index (χ0n) is 8.54. The molecule has 2 nitrogen and oxygen atoms in total. The number of alkyl halides is 1. The molecule has 82 valence electrons. The molecule has 0 heterocycles. The summed E-state index contributed by atoms with van der Waals surface area (Å²) in [6.45, 7) is 3.67. The van der Waals surface area contributed by atoms with E-state index in [1.807, 2.05) is 28.7 Å². The number of aliphatic carboxylic acids is 1. The minimum atomic E-state index is -0.683. The Bertz CT molecular complexity index is 169. The van der Waals surface area contributed by atoms with Gasteiger partial charge in [0.15, 0.2) is 0 Å². The third kappa shape index (κ3) is 8.53. The molecule has 0 aromatic heterocycles. The van der Waals surface area contributed by atoms with Crippen molar-refractivity contribution in [3.8, 4) is 0 Å². The van der Waals surface area contributed by atoms with E-state index in [1.54, 1.807) is 0 Å². The van der Waals surface area contributed by atoms with Crippen molar-refractivity contribution in [2.45, 2.75) is 48.9 Å². The maximum atomic E-state index is 10.5. The molecule has 0 saturated heterocycles. The molecule has 0 aromatic rings. The van der Waals surface area contributed by atoms with E-state index in [1.165, 1.54) is 19.3 Å². The largest absolute Gasteiger partial charge is 0.480 e. The molecule has 3 heteroatoms. The fourth-order valence-corrected chi connectivity index (χ4v) is 1.71. The molecule has 0 fully saturated rings. The third-order valence-corrected chi connectivity index (χ3v) is 3.29. The van der Waals surface area contributed by atoms with E-state index in [2.05, 4.69) is 6.58 Å². The Hall–Kier alpha value is -0.0600. The molecule has 0 aliphatic heterocycles. The number of hydrogen-bond donors (Lipinski definition) is 1. The van der Waals surface area contributed by atoms with Gasteiger partial charge in [-0.05, 0) is 19.3 Å². The maximum Gasteiger partial charge on any atom is 0.316 e. The zero-order valence-corrected chi connectivity index (χ0v) is 10.7. The van der Waals surface area contributed by atoms with Crippen molar-refractivity contribution in [3.05, 3.63) is 12.7 Å². The Balaban J connectivity index is 3.13. The molecule has 0 spiro atoms. The molecular weight excluding hydrogens is 291 g/mol. The van der Waals surface area contributed by atoms with E-state index in [9.17, 15) is 4.79 Å². The van der Waals surface area contributed by atoms with Crippen LogP contribution < -0.4 is 0 Å². The van der Waals surface area contributed by atoms with E-state index in [4.69, 9.17) is 5.11 Å². The van der Waals surface area contributed by atoms with Gasteiger partial charge in [-0.25, -0.2) is 0 Å². The lowest BCUT2D eigenvalue weighted by atomic mass is 10.1. The predicted molar refractivity (Wildman–Crippen MR) is 68.0 cm³/mol. The SMILES string of the molecule is C=CCCCCCCCC(I)C(=O)O. The average Bonchev–Trinajstić information content (AvgIpc) is 2.16. The lowest BCUT2D eigenvalue weighted by Gasteiger charge is -2.03. The molecular formula is C11H19IO2. The molecule has 1 atom stereocenters. The van der Waals surface area contributed by atoms with Crippen LogP contribution in [0.5, 0.6) is 0 Å². The molecule has 0 saturated carbocycles. The first-order valence-corrected chi connectivity index (χ1v) is 6.41. The van der Waals surface area contributed by atoms with Crippen molar-refractivity contribution in [3.63, 3.8) is 0 Å². The van der Waals surface area contributed by atoms with Gasteiger partial charge in [0, 0.05) is 0 Å². The highest BCUT2D eigenvalue weighted by Crippen LogP contribution is 2.13. The van der Waals surface area contributed by atoms with Gasteiger partial charge in [0.2, 0.25) is 0 Å². The van der Waals surface area contributed by atoms with Crippen molar-refractivity contribution >= 4 is 28.6 Å². The Kier molecular flexibility index (Phi) is 9.45. The standard InChI is InChI=1S/C11H19IO2/c1-2-3-4-5-6-7-8-9-10(12)11(13)14/h2,10H,1,3-9H2,(H,13,14). The van der Waals surface area contributed by atoms with Crippen LogP contribution in [0.4, 0.5) is 0 Å². The van der Waals surface area contributed by atoms with Crippen LogP contribution in [0.3, 0.4) is 0 Å². The van der Waals surface area contributed by atoms with Crippen molar-refractivity contribution in [2.24, 2.45) is 0 Å². The molecule has 0 aromatic carbocycles. The molecule has 14 heavy (non-hydrogen) atoms. The minimum absolute atomic E-state index is 0.208. The van der Waals surface area contributed by atoms with Gasteiger partial charge >= 0.3 is 5.97 Å². The molecule has 0 bridgehead atoms. The number of carboxylic acids is 1. The number of allylic oxidation sites excluding steroid dienone is 1. The molecule has 0 amide bonds. The lowest BCUT2D eigenvalue weighted by molar-refractivity contribution is -0.136. The first-order chi connectivity index (χ1) is 6.68. The summed E-state index contributed by atoms with van der Waals surface area (Å²) in [5, 5.41) is 8.64. The van der Waals surface area contributed by atoms with Crippen LogP contribution in [-0.2, 0) is 4.79 Å². The second-order valence-corrected chi connectivity index (χ2v) is 4.94. The highest BCUT2D eigenvalue weighted by Gasteiger charge is 2.11. The Morgan fingerprint density at radius 2 is 1.86 bits per heavy atom. The van der Waals surface area contributed by atoms with Gasteiger partial charge in [-0.15, -0.1) is 6.58 Å². The van der Waals surface area contributed by atoms with Crippen LogP contribution in [0.1, 0.15) is 44.9 Å². The maximum absolute atomic E-state index is 10.5. The summed E-state index contributed by atoms with van der Waals surface area (Å²) in [6.07, 6.45) is 9.72. The smallest absolute Gasteiger partial charge is 0.316 e. The molecule has 0 aliphatic carbocycles. The summed E-state index contributed by atoms with van der Waals surface area (Å²) in [5.74, 6) is -0.683. The van der Waals surface area contributed by atoms with Gasteiger partial charge in [-0.1, -0.05) is 54.4 Å². The van der Waals surface area contributed by atoms with Crippen LogP contribution in [0.2, 0.25) is 0 Å². The van der Waals surface area contributed by atoms with Crippen LogP contribution in [0, 0.1) is 0 Å². The summed E-state index contributed by atoms with van der Waals surface area (Å²) < 4.78 is -0.208. The van der Waals surface area contributed by atoms with Gasteiger partial charge in [0.05, 0.1) is 0 Å². The molecule has 0 aliphatic rings. The van der Waals surface area contributed by atoms with Gasteiger partial charge < -0.3 is 5.11 Å². The fraction of sp³-hybridized carbons (Fsp3) is 0.727. The normalized spacial score (nSPS) is 12.4. The van der Waals surface area contributed by atoms with Gasteiger partial charge in [0.1, 0.15) is 3.92 Å². The summed E-state index contributed by atoms with van der Waals surface area (Å²) in [5.41, 5.74) is 0. The zero-order chi connectivity index (χ0) is 10.8. The van der Waals surface area contributed by atoms with Crippen LogP contribution >= 0.6 is 22.6 Å². The highest BCUT2D eigenvalue weighted by molar-refractivity contribution is 14.1. The second kappa shape index (κ2) is 9.49. The summed E-state index contributed by atoms with van der Waals surface area (Å²) in [7, 11) is 0. The van der Waals surface area contributed by atoms with E-state index in [0.29, 0.717) is 0 Å². The molecule has 0 radical (unpaired) electrons.